The van der Waals surface area contributed by atoms with Crippen LogP contribution in [0, 0.1) is 5.92 Å². The molecule has 4 aromatic carbocycles. The van der Waals surface area contributed by atoms with Crippen molar-refractivity contribution in [1.29, 1.82) is 0 Å². The second-order valence-corrected chi connectivity index (χ2v) is 7.89. The molecule has 1 aliphatic carbocycles. The lowest BCUT2D eigenvalue weighted by Crippen LogP contribution is -1.89. The van der Waals surface area contributed by atoms with E-state index in [9.17, 15) is 0 Å². The smallest absolute Gasteiger partial charge is 0.00206 e. The van der Waals surface area contributed by atoms with Crippen LogP contribution in [0.1, 0.15) is 46.6 Å². The van der Waals surface area contributed by atoms with Crippen molar-refractivity contribution in [2.24, 2.45) is 5.92 Å². The maximum Gasteiger partial charge on any atom is -0.00206 e. The molecule has 0 heteroatoms. The van der Waals surface area contributed by atoms with Gasteiger partial charge in [-0.25, -0.2) is 0 Å². The average Bonchev–Trinajstić information content (AvgIpc) is 3.02. The molecule has 0 atom stereocenters. The molecule has 0 spiro atoms. The van der Waals surface area contributed by atoms with Crippen LogP contribution < -0.4 is 0 Å². The molecule has 4 aromatic rings. The summed E-state index contributed by atoms with van der Waals surface area (Å²) in [6, 6.07) is 20.1. The van der Waals surface area contributed by atoms with Gasteiger partial charge in [0.15, 0.2) is 0 Å². The van der Waals surface area contributed by atoms with Gasteiger partial charge in [-0.2, -0.15) is 0 Å². The van der Waals surface area contributed by atoms with E-state index in [1.807, 2.05) is 13.8 Å². The summed E-state index contributed by atoms with van der Waals surface area (Å²) in [4.78, 5) is 0. The van der Waals surface area contributed by atoms with Crippen LogP contribution in [0.2, 0.25) is 0 Å². The van der Waals surface area contributed by atoms with Gasteiger partial charge < -0.3 is 0 Å². The largest absolute Gasteiger partial charge is 0.0807 e. The number of benzene rings is 4. The molecule has 1 aliphatic rings. The molecule has 0 unspecified atom stereocenters. The third kappa shape index (κ3) is 4.43. The topological polar surface area (TPSA) is 0 Å². The predicted molar refractivity (Wildman–Crippen MR) is 133 cm³/mol. The lowest BCUT2D eigenvalue weighted by atomic mass is 9.89. The zero-order chi connectivity index (χ0) is 20.8. The highest BCUT2D eigenvalue weighted by Crippen LogP contribution is 2.39. The van der Waals surface area contributed by atoms with E-state index in [1.165, 1.54) is 43.5 Å². The first-order valence-electron chi connectivity index (χ1n) is 10.9. The van der Waals surface area contributed by atoms with E-state index in [1.54, 1.807) is 0 Å². The van der Waals surface area contributed by atoms with Crippen molar-refractivity contribution in [1.82, 2.24) is 0 Å². The normalized spacial score (nSPS) is 13.1. The quantitative estimate of drug-likeness (QED) is 0.289. The molecule has 0 aromatic heterocycles. The van der Waals surface area contributed by atoms with Crippen LogP contribution in [-0.4, -0.2) is 0 Å². The molecule has 0 nitrogen and oxygen atoms in total. The number of allylic oxidation sites excluding steroid dienone is 6. The van der Waals surface area contributed by atoms with Crippen molar-refractivity contribution in [2.75, 3.05) is 0 Å². The Balaban J connectivity index is 0.000000361. The van der Waals surface area contributed by atoms with Gasteiger partial charge in [0.05, 0.1) is 0 Å². The summed E-state index contributed by atoms with van der Waals surface area (Å²) < 4.78 is 0. The third-order valence-electron chi connectivity index (χ3n) is 4.80. The van der Waals surface area contributed by atoms with Crippen molar-refractivity contribution in [3.8, 4) is 0 Å². The minimum atomic E-state index is 0.833. The zero-order valence-electron chi connectivity index (χ0n) is 18.4. The first-order chi connectivity index (χ1) is 14.1. The number of rotatable bonds is 1. The zero-order valence-corrected chi connectivity index (χ0v) is 18.4. The van der Waals surface area contributed by atoms with E-state index < -0.39 is 0 Å². The first kappa shape index (κ1) is 20.9. The maximum absolute atomic E-state index is 2.35. The molecule has 0 saturated heterocycles. The van der Waals surface area contributed by atoms with Gasteiger partial charge in [0.2, 0.25) is 0 Å². The average molecular weight is 381 g/mol. The van der Waals surface area contributed by atoms with E-state index in [0.717, 1.165) is 12.3 Å². The number of hydrogen-bond acceptors (Lipinski definition) is 0. The molecule has 0 heterocycles. The minimum absolute atomic E-state index is 0.833. The second-order valence-electron chi connectivity index (χ2n) is 7.89. The van der Waals surface area contributed by atoms with Crippen molar-refractivity contribution < 1.29 is 0 Å². The lowest BCUT2D eigenvalue weighted by molar-refractivity contribution is 0.737. The van der Waals surface area contributed by atoms with Gasteiger partial charge in [-0.1, -0.05) is 114 Å². The highest BCUT2D eigenvalue weighted by molar-refractivity contribution is 6.25. The molecule has 0 fully saturated rings. The molecule has 0 radical (unpaired) electrons. The Labute approximate surface area is 175 Å². The Hall–Kier alpha value is -2.86. The van der Waals surface area contributed by atoms with E-state index in [2.05, 4.69) is 106 Å². The molecule has 0 amide bonds. The number of hydrogen-bond donors (Lipinski definition) is 0. The van der Waals surface area contributed by atoms with Crippen LogP contribution >= 0.6 is 0 Å². The molecule has 148 valence electrons. The van der Waals surface area contributed by atoms with E-state index >= 15 is 0 Å². The lowest BCUT2D eigenvalue weighted by Gasteiger charge is -2.15. The van der Waals surface area contributed by atoms with Gasteiger partial charge in [-0.05, 0) is 61.9 Å². The Kier molecular flexibility index (Phi) is 6.88. The molecular formula is C29H32. The van der Waals surface area contributed by atoms with Gasteiger partial charge in [0.25, 0.3) is 0 Å². The molecule has 0 N–H and O–H groups in total. The van der Waals surface area contributed by atoms with E-state index in [0.29, 0.717) is 0 Å². The third-order valence-corrected chi connectivity index (χ3v) is 4.80. The molecular weight excluding hydrogens is 348 g/mol. The SMILES string of the molecule is C1=CCC=CC(c2cc3cccc4ccc5cccc2c5c43)=C1.CC.CC(C)C. The van der Waals surface area contributed by atoms with Crippen LogP contribution in [0.4, 0.5) is 0 Å². The Morgan fingerprint density at radius 1 is 0.724 bits per heavy atom. The van der Waals surface area contributed by atoms with Crippen LogP contribution in [0.25, 0.3) is 37.9 Å². The summed E-state index contributed by atoms with van der Waals surface area (Å²) in [6.45, 7) is 10.5. The fourth-order valence-electron chi connectivity index (χ4n) is 3.76. The summed E-state index contributed by atoms with van der Waals surface area (Å²) in [5.74, 6) is 0.833. The highest BCUT2D eigenvalue weighted by Gasteiger charge is 2.12. The summed E-state index contributed by atoms with van der Waals surface area (Å²) in [7, 11) is 0. The fourth-order valence-corrected chi connectivity index (χ4v) is 3.76. The van der Waals surface area contributed by atoms with Crippen molar-refractivity contribution >= 4 is 37.9 Å². The van der Waals surface area contributed by atoms with Gasteiger partial charge in [0.1, 0.15) is 0 Å². The Morgan fingerprint density at radius 3 is 2.07 bits per heavy atom. The monoisotopic (exact) mass is 380 g/mol. The fraction of sp³-hybridized carbons (Fsp3) is 0.241. The summed E-state index contributed by atoms with van der Waals surface area (Å²) in [5.41, 5.74) is 2.61. The molecule has 29 heavy (non-hydrogen) atoms. The maximum atomic E-state index is 2.35. The molecule has 5 rings (SSSR count). The minimum Gasteiger partial charge on any atom is -0.0807 e. The first-order valence-corrected chi connectivity index (χ1v) is 10.9. The summed E-state index contributed by atoms with van der Waals surface area (Å²) in [6.07, 6.45) is 12.1. The van der Waals surface area contributed by atoms with Gasteiger partial charge in [-0.15, -0.1) is 0 Å². The van der Waals surface area contributed by atoms with Gasteiger partial charge >= 0.3 is 0 Å². The predicted octanol–water partition coefficient (Wildman–Crippen LogP) is 9.17. The van der Waals surface area contributed by atoms with Crippen molar-refractivity contribution in [2.45, 2.75) is 41.0 Å². The van der Waals surface area contributed by atoms with Gasteiger partial charge in [-0.3, -0.25) is 0 Å². The summed E-state index contributed by atoms with van der Waals surface area (Å²) in [5, 5.41) is 8.09. The Bertz CT molecular complexity index is 1170. The van der Waals surface area contributed by atoms with Crippen LogP contribution in [0.5, 0.6) is 0 Å². The van der Waals surface area contributed by atoms with Crippen molar-refractivity contribution in [3.05, 3.63) is 90.5 Å². The van der Waals surface area contributed by atoms with Crippen LogP contribution in [0.3, 0.4) is 0 Å². The van der Waals surface area contributed by atoms with Crippen LogP contribution in [-0.2, 0) is 0 Å². The van der Waals surface area contributed by atoms with Crippen LogP contribution in [0.15, 0.2) is 85.0 Å². The molecule has 0 bridgehead atoms. The van der Waals surface area contributed by atoms with Crippen molar-refractivity contribution in [3.63, 3.8) is 0 Å². The summed E-state index contributed by atoms with van der Waals surface area (Å²) >= 11 is 0. The highest BCUT2D eigenvalue weighted by atomic mass is 14.2. The van der Waals surface area contributed by atoms with Gasteiger partial charge in [0, 0.05) is 0 Å². The Morgan fingerprint density at radius 2 is 1.34 bits per heavy atom. The van der Waals surface area contributed by atoms with E-state index in [-0.39, 0.29) is 0 Å². The van der Waals surface area contributed by atoms with E-state index in [4.69, 9.17) is 0 Å². The molecule has 0 saturated carbocycles. The molecule has 0 aliphatic heterocycles. The second kappa shape index (κ2) is 9.56. The standard InChI is InChI=1S/C23H16.C4H10.C2H6/c1-2-4-8-16(7-3-1)21-15-19-11-5-9-17-13-14-18-10-6-12-20(21)23(18)22(17)19;1-4(2)3;1-2/h1,3-15H,2H2;4H,1-3H3;1-2H3.